The van der Waals surface area contributed by atoms with E-state index in [1.165, 1.54) is 19.3 Å². The number of amides is 1. The van der Waals surface area contributed by atoms with Crippen LogP contribution in [0.1, 0.15) is 39.0 Å². The number of ether oxygens (including phenoxy) is 2. The molecule has 2 rings (SSSR count). The number of rotatable bonds is 7. The molecule has 0 aromatic rings. The summed E-state index contributed by atoms with van der Waals surface area (Å²) in [6.07, 6.45) is 5.45. The van der Waals surface area contributed by atoms with Crippen LogP contribution >= 0.6 is 0 Å². The second kappa shape index (κ2) is 7.22. The highest BCUT2D eigenvalue weighted by molar-refractivity contribution is 5.80. The van der Waals surface area contributed by atoms with Crippen LogP contribution in [0.3, 0.4) is 0 Å². The van der Waals surface area contributed by atoms with Gasteiger partial charge < -0.3 is 20.5 Å². The molecule has 1 amide bonds. The molecule has 0 bridgehead atoms. The van der Waals surface area contributed by atoms with Crippen LogP contribution in [0.15, 0.2) is 0 Å². The van der Waals surface area contributed by atoms with Gasteiger partial charge in [0.05, 0.1) is 12.7 Å². The molecule has 3 N–H and O–H groups in total. The Hall–Kier alpha value is -0.650. The van der Waals surface area contributed by atoms with Crippen molar-refractivity contribution >= 4 is 5.91 Å². The standard InChI is InChI=1S/C14H26N2O3/c1-10(19-9-12-4-2-3-7-18-12)14(17)16-8-13(15)11-5-6-11/h10-13H,2-9,15H2,1H3,(H,16,17). The molecule has 1 heterocycles. The van der Waals surface area contributed by atoms with Gasteiger partial charge in [0.1, 0.15) is 6.10 Å². The third-order valence-electron chi connectivity index (χ3n) is 3.91. The molecule has 1 aliphatic carbocycles. The predicted molar refractivity (Wildman–Crippen MR) is 72.7 cm³/mol. The first-order chi connectivity index (χ1) is 9.16. The zero-order valence-electron chi connectivity index (χ0n) is 11.8. The third kappa shape index (κ3) is 5.09. The quantitative estimate of drug-likeness (QED) is 0.718. The molecule has 5 heteroatoms. The second-order valence-electron chi connectivity index (χ2n) is 5.71. The van der Waals surface area contributed by atoms with E-state index in [4.69, 9.17) is 15.2 Å². The molecule has 1 saturated carbocycles. The summed E-state index contributed by atoms with van der Waals surface area (Å²) in [5, 5.41) is 2.86. The maximum absolute atomic E-state index is 11.8. The number of carbonyl (C=O) groups is 1. The molecule has 1 aliphatic heterocycles. The summed E-state index contributed by atoms with van der Waals surface area (Å²) in [5.74, 6) is 0.527. The van der Waals surface area contributed by atoms with Gasteiger partial charge in [0.25, 0.3) is 0 Å². The molecular formula is C14H26N2O3. The largest absolute Gasteiger partial charge is 0.376 e. The van der Waals surface area contributed by atoms with E-state index < -0.39 is 6.10 Å². The molecule has 0 radical (unpaired) electrons. The second-order valence-corrected chi connectivity index (χ2v) is 5.71. The van der Waals surface area contributed by atoms with E-state index in [9.17, 15) is 4.79 Å². The Kier molecular flexibility index (Phi) is 5.60. The van der Waals surface area contributed by atoms with Crippen LogP contribution in [-0.2, 0) is 14.3 Å². The Labute approximate surface area is 115 Å². The van der Waals surface area contributed by atoms with Gasteiger partial charge >= 0.3 is 0 Å². The van der Waals surface area contributed by atoms with E-state index in [1.54, 1.807) is 6.92 Å². The molecular weight excluding hydrogens is 244 g/mol. The first-order valence-electron chi connectivity index (χ1n) is 7.43. The lowest BCUT2D eigenvalue weighted by Crippen LogP contribution is -2.43. The van der Waals surface area contributed by atoms with Crippen molar-refractivity contribution in [1.29, 1.82) is 0 Å². The monoisotopic (exact) mass is 270 g/mol. The lowest BCUT2D eigenvalue weighted by molar-refractivity contribution is -0.135. The molecule has 5 nitrogen and oxygen atoms in total. The number of nitrogens with two attached hydrogens (primary N) is 1. The highest BCUT2D eigenvalue weighted by Crippen LogP contribution is 2.31. The number of nitrogens with one attached hydrogen (secondary N) is 1. The van der Waals surface area contributed by atoms with Crippen LogP contribution in [-0.4, -0.2) is 43.9 Å². The smallest absolute Gasteiger partial charge is 0.248 e. The van der Waals surface area contributed by atoms with Gasteiger partial charge in [-0.3, -0.25) is 4.79 Å². The van der Waals surface area contributed by atoms with E-state index >= 15 is 0 Å². The molecule has 3 atom stereocenters. The first-order valence-corrected chi connectivity index (χ1v) is 7.43. The molecule has 3 unspecified atom stereocenters. The Balaban J connectivity index is 1.58. The van der Waals surface area contributed by atoms with Gasteiger partial charge in [0, 0.05) is 19.2 Å². The summed E-state index contributed by atoms with van der Waals surface area (Å²) < 4.78 is 11.1. The van der Waals surface area contributed by atoms with E-state index in [1.807, 2.05) is 0 Å². The van der Waals surface area contributed by atoms with Gasteiger partial charge in [-0.1, -0.05) is 0 Å². The van der Waals surface area contributed by atoms with Gasteiger partial charge in [-0.2, -0.15) is 0 Å². The first kappa shape index (κ1) is 14.8. The van der Waals surface area contributed by atoms with Gasteiger partial charge in [-0.05, 0) is 44.9 Å². The Morgan fingerprint density at radius 1 is 1.42 bits per heavy atom. The molecule has 19 heavy (non-hydrogen) atoms. The lowest BCUT2D eigenvalue weighted by atomic mass is 10.1. The highest BCUT2D eigenvalue weighted by Gasteiger charge is 2.29. The minimum Gasteiger partial charge on any atom is -0.376 e. The summed E-state index contributed by atoms with van der Waals surface area (Å²) in [6.45, 7) is 3.64. The fourth-order valence-electron chi connectivity index (χ4n) is 2.32. The van der Waals surface area contributed by atoms with E-state index in [2.05, 4.69) is 5.32 Å². The molecule has 0 aromatic carbocycles. The summed E-state index contributed by atoms with van der Waals surface area (Å²) in [4.78, 5) is 11.8. The van der Waals surface area contributed by atoms with Crippen molar-refractivity contribution in [3.63, 3.8) is 0 Å². The molecule has 0 spiro atoms. The molecule has 2 aliphatic rings. The Morgan fingerprint density at radius 3 is 2.84 bits per heavy atom. The summed E-state index contributed by atoms with van der Waals surface area (Å²) in [5.41, 5.74) is 5.94. The average molecular weight is 270 g/mol. The van der Waals surface area contributed by atoms with Crippen molar-refractivity contribution in [2.45, 2.75) is 57.3 Å². The summed E-state index contributed by atoms with van der Waals surface area (Å²) in [6, 6.07) is 0.0952. The topological polar surface area (TPSA) is 73.6 Å². The third-order valence-corrected chi connectivity index (χ3v) is 3.91. The van der Waals surface area contributed by atoms with Crippen molar-refractivity contribution in [3.05, 3.63) is 0 Å². The van der Waals surface area contributed by atoms with Crippen molar-refractivity contribution in [3.8, 4) is 0 Å². The van der Waals surface area contributed by atoms with Gasteiger partial charge in [0.2, 0.25) is 5.91 Å². The maximum Gasteiger partial charge on any atom is 0.248 e. The van der Waals surface area contributed by atoms with Crippen LogP contribution in [0, 0.1) is 5.92 Å². The fraction of sp³-hybridized carbons (Fsp3) is 0.929. The van der Waals surface area contributed by atoms with Crippen molar-refractivity contribution < 1.29 is 14.3 Å². The summed E-state index contributed by atoms with van der Waals surface area (Å²) >= 11 is 0. The van der Waals surface area contributed by atoms with Crippen molar-refractivity contribution in [2.75, 3.05) is 19.8 Å². The maximum atomic E-state index is 11.8. The molecule has 110 valence electrons. The van der Waals surface area contributed by atoms with Crippen LogP contribution < -0.4 is 11.1 Å². The summed E-state index contributed by atoms with van der Waals surface area (Å²) in [7, 11) is 0. The molecule has 0 aromatic heterocycles. The SMILES string of the molecule is CC(OCC1CCCCO1)C(=O)NCC(N)C1CC1. The van der Waals surface area contributed by atoms with E-state index in [0.29, 0.717) is 19.1 Å². The van der Waals surface area contributed by atoms with E-state index in [0.717, 1.165) is 19.4 Å². The van der Waals surface area contributed by atoms with Crippen LogP contribution in [0.2, 0.25) is 0 Å². The van der Waals surface area contributed by atoms with Gasteiger partial charge in [-0.25, -0.2) is 0 Å². The average Bonchev–Trinajstić information content (AvgIpc) is 3.27. The van der Waals surface area contributed by atoms with Crippen LogP contribution in [0.4, 0.5) is 0 Å². The van der Waals surface area contributed by atoms with Crippen LogP contribution in [0.25, 0.3) is 0 Å². The number of hydrogen-bond donors (Lipinski definition) is 2. The van der Waals surface area contributed by atoms with Crippen molar-refractivity contribution in [1.82, 2.24) is 5.32 Å². The minimum absolute atomic E-state index is 0.0769. The van der Waals surface area contributed by atoms with Gasteiger partial charge in [-0.15, -0.1) is 0 Å². The molecule has 2 fully saturated rings. The number of carbonyl (C=O) groups excluding carboxylic acids is 1. The minimum atomic E-state index is -0.433. The zero-order chi connectivity index (χ0) is 13.7. The Bertz CT molecular complexity index is 288. The van der Waals surface area contributed by atoms with Crippen molar-refractivity contribution in [2.24, 2.45) is 11.7 Å². The predicted octanol–water partition coefficient (Wildman–Crippen LogP) is 0.814. The van der Waals surface area contributed by atoms with E-state index in [-0.39, 0.29) is 18.1 Å². The zero-order valence-corrected chi connectivity index (χ0v) is 11.8. The van der Waals surface area contributed by atoms with Gasteiger partial charge in [0.15, 0.2) is 0 Å². The number of hydrogen-bond acceptors (Lipinski definition) is 4. The van der Waals surface area contributed by atoms with Crippen LogP contribution in [0.5, 0.6) is 0 Å². The normalized spacial score (nSPS) is 26.7. The lowest BCUT2D eigenvalue weighted by Gasteiger charge is -2.24. The Morgan fingerprint density at radius 2 is 2.21 bits per heavy atom. The fourth-order valence-corrected chi connectivity index (χ4v) is 2.32. The molecule has 1 saturated heterocycles. The highest BCUT2D eigenvalue weighted by atomic mass is 16.5.